The molecule has 2 unspecified atom stereocenters. The Morgan fingerprint density at radius 2 is 1.94 bits per heavy atom. The molecule has 1 rings (SSSR count). The number of ether oxygens (including phenoxy) is 1. The van der Waals surface area contributed by atoms with Crippen molar-refractivity contribution in [1.82, 2.24) is 5.32 Å². The summed E-state index contributed by atoms with van der Waals surface area (Å²) in [4.78, 5) is 32.5. The van der Waals surface area contributed by atoms with E-state index in [1.807, 2.05) is 0 Å². The third-order valence-electron chi connectivity index (χ3n) is 2.49. The van der Waals surface area contributed by atoms with Crippen LogP contribution in [0.25, 0.3) is 0 Å². The van der Waals surface area contributed by atoms with E-state index in [0.717, 1.165) is 0 Å². The van der Waals surface area contributed by atoms with Crippen molar-refractivity contribution in [3.8, 4) is 0 Å². The summed E-state index contributed by atoms with van der Waals surface area (Å²) in [5.74, 6) is -1.80. The van der Waals surface area contributed by atoms with Crippen molar-refractivity contribution in [2.45, 2.75) is 37.9 Å². The Bertz CT molecular complexity index is 318. The van der Waals surface area contributed by atoms with Crippen LogP contribution in [0, 0.1) is 0 Å². The number of amides is 2. The van der Waals surface area contributed by atoms with Gasteiger partial charge in [0.05, 0.1) is 0 Å². The molecule has 1 aliphatic heterocycles. The number of carboxylic acid groups (broad SMARTS) is 1. The van der Waals surface area contributed by atoms with Gasteiger partial charge >= 0.3 is 5.97 Å². The molecular weight excluding hydrogens is 228 g/mol. The summed E-state index contributed by atoms with van der Waals surface area (Å²) in [5.41, 5.74) is 4.94. The zero-order valence-electron chi connectivity index (χ0n) is 9.35. The van der Waals surface area contributed by atoms with E-state index in [0.29, 0.717) is 25.8 Å². The minimum absolute atomic E-state index is 0.212. The monoisotopic (exact) mass is 244 g/mol. The molecule has 96 valence electrons. The summed E-state index contributed by atoms with van der Waals surface area (Å²) in [6.07, 6.45) is -0.173. The van der Waals surface area contributed by atoms with Gasteiger partial charge in [0.25, 0.3) is 0 Å². The van der Waals surface area contributed by atoms with Gasteiger partial charge in [-0.25, -0.2) is 4.79 Å². The van der Waals surface area contributed by atoms with Crippen LogP contribution in [0.4, 0.5) is 0 Å². The first-order valence-corrected chi connectivity index (χ1v) is 5.45. The Balaban J connectivity index is 2.21. The molecule has 2 atom stereocenters. The highest BCUT2D eigenvalue weighted by atomic mass is 16.5. The van der Waals surface area contributed by atoms with E-state index < -0.39 is 24.1 Å². The van der Waals surface area contributed by atoms with Crippen molar-refractivity contribution >= 4 is 17.8 Å². The number of aliphatic carboxylic acids is 1. The molecule has 0 aromatic rings. The van der Waals surface area contributed by atoms with Crippen molar-refractivity contribution in [3.63, 3.8) is 0 Å². The lowest BCUT2D eigenvalue weighted by Gasteiger charge is -2.11. The fourth-order valence-electron chi connectivity index (χ4n) is 1.60. The average Bonchev–Trinajstić information content (AvgIpc) is 2.73. The van der Waals surface area contributed by atoms with Gasteiger partial charge in [-0.1, -0.05) is 0 Å². The first-order valence-electron chi connectivity index (χ1n) is 5.45. The van der Waals surface area contributed by atoms with E-state index in [9.17, 15) is 14.4 Å². The fourth-order valence-corrected chi connectivity index (χ4v) is 1.60. The van der Waals surface area contributed by atoms with Gasteiger partial charge in [-0.05, 0) is 19.3 Å². The third kappa shape index (κ3) is 4.39. The largest absolute Gasteiger partial charge is 0.479 e. The molecule has 1 heterocycles. The van der Waals surface area contributed by atoms with Gasteiger partial charge in [0.15, 0.2) is 6.10 Å². The Morgan fingerprint density at radius 1 is 1.29 bits per heavy atom. The number of carbonyl (C=O) groups excluding carboxylic acids is 2. The van der Waals surface area contributed by atoms with Crippen molar-refractivity contribution in [2.24, 2.45) is 5.73 Å². The molecule has 0 aromatic heterocycles. The van der Waals surface area contributed by atoms with Gasteiger partial charge in [0.2, 0.25) is 11.8 Å². The van der Waals surface area contributed by atoms with E-state index in [1.54, 1.807) is 0 Å². The maximum absolute atomic E-state index is 11.5. The second-order valence-corrected chi connectivity index (χ2v) is 3.89. The standard InChI is InChI=1S/C10H16N2O5/c11-8(13)2-1-5-12-9(14)6-3-4-7(17-6)10(15)16/h6-7H,1-5H2,(H2,11,13)(H,12,14)(H,15,16). The molecule has 0 bridgehead atoms. The normalized spacial score (nSPS) is 23.3. The molecule has 1 fully saturated rings. The summed E-state index contributed by atoms with van der Waals surface area (Å²) in [5, 5.41) is 11.3. The number of hydrogen-bond donors (Lipinski definition) is 3. The van der Waals surface area contributed by atoms with Gasteiger partial charge in [-0.2, -0.15) is 0 Å². The molecular formula is C10H16N2O5. The molecule has 0 aliphatic carbocycles. The van der Waals surface area contributed by atoms with Crippen LogP contribution in [0.15, 0.2) is 0 Å². The van der Waals surface area contributed by atoms with E-state index in [2.05, 4.69) is 5.32 Å². The molecule has 1 saturated heterocycles. The first kappa shape index (κ1) is 13.4. The fraction of sp³-hybridized carbons (Fsp3) is 0.700. The third-order valence-corrected chi connectivity index (χ3v) is 2.49. The average molecular weight is 244 g/mol. The Morgan fingerprint density at radius 3 is 2.47 bits per heavy atom. The topological polar surface area (TPSA) is 119 Å². The summed E-state index contributed by atoms with van der Waals surface area (Å²) >= 11 is 0. The molecule has 0 radical (unpaired) electrons. The molecule has 0 saturated carbocycles. The van der Waals surface area contributed by atoms with Gasteiger partial charge in [-0.3, -0.25) is 9.59 Å². The van der Waals surface area contributed by atoms with Crippen LogP contribution in [-0.2, 0) is 19.1 Å². The molecule has 0 spiro atoms. The van der Waals surface area contributed by atoms with Gasteiger partial charge < -0.3 is 20.9 Å². The van der Waals surface area contributed by atoms with Crippen molar-refractivity contribution in [3.05, 3.63) is 0 Å². The van der Waals surface area contributed by atoms with Gasteiger partial charge in [-0.15, -0.1) is 0 Å². The molecule has 1 aliphatic rings. The quantitative estimate of drug-likeness (QED) is 0.518. The Labute approximate surface area is 98.3 Å². The van der Waals surface area contributed by atoms with E-state index in [-0.39, 0.29) is 12.3 Å². The molecule has 7 heteroatoms. The predicted octanol–water partition coefficient (Wildman–Crippen LogP) is -1.000. The van der Waals surface area contributed by atoms with E-state index >= 15 is 0 Å². The molecule has 2 amide bonds. The number of primary amides is 1. The maximum atomic E-state index is 11.5. The zero-order chi connectivity index (χ0) is 12.8. The Kier molecular flexibility index (Phi) is 4.89. The van der Waals surface area contributed by atoms with Crippen LogP contribution in [-0.4, -0.2) is 41.6 Å². The van der Waals surface area contributed by atoms with E-state index in [1.165, 1.54) is 0 Å². The highest BCUT2D eigenvalue weighted by Gasteiger charge is 2.34. The Hall–Kier alpha value is -1.63. The predicted molar refractivity (Wildman–Crippen MR) is 57.0 cm³/mol. The molecule has 0 aromatic carbocycles. The van der Waals surface area contributed by atoms with Gasteiger partial charge in [0.1, 0.15) is 6.10 Å². The van der Waals surface area contributed by atoms with E-state index in [4.69, 9.17) is 15.6 Å². The van der Waals surface area contributed by atoms with Crippen LogP contribution >= 0.6 is 0 Å². The lowest BCUT2D eigenvalue weighted by Crippen LogP contribution is -2.36. The van der Waals surface area contributed by atoms with Crippen LogP contribution in [0.1, 0.15) is 25.7 Å². The van der Waals surface area contributed by atoms with Crippen LogP contribution in [0.5, 0.6) is 0 Å². The van der Waals surface area contributed by atoms with Crippen molar-refractivity contribution in [1.29, 1.82) is 0 Å². The lowest BCUT2D eigenvalue weighted by molar-refractivity contribution is -0.151. The number of rotatable bonds is 6. The molecule has 17 heavy (non-hydrogen) atoms. The summed E-state index contributed by atoms with van der Waals surface area (Å²) in [7, 11) is 0. The number of hydrogen-bond acceptors (Lipinski definition) is 4. The highest BCUT2D eigenvalue weighted by Crippen LogP contribution is 2.19. The smallest absolute Gasteiger partial charge is 0.332 e. The maximum Gasteiger partial charge on any atom is 0.332 e. The first-order chi connectivity index (χ1) is 8.00. The summed E-state index contributed by atoms with van der Waals surface area (Å²) < 4.78 is 5.06. The van der Waals surface area contributed by atoms with Crippen molar-refractivity contribution in [2.75, 3.05) is 6.54 Å². The molecule has 7 nitrogen and oxygen atoms in total. The van der Waals surface area contributed by atoms with Gasteiger partial charge in [0, 0.05) is 13.0 Å². The minimum Gasteiger partial charge on any atom is -0.479 e. The number of carboxylic acids is 1. The number of nitrogens with one attached hydrogen (secondary N) is 1. The van der Waals surface area contributed by atoms with Crippen LogP contribution in [0.3, 0.4) is 0 Å². The summed E-state index contributed by atoms with van der Waals surface area (Å²) in [6.45, 7) is 0.333. The zero-order valence-corrected chi connectivity index (χ0v) is 9.35. The number of carbonyl (C=O) groups is 3. The van der Waals surface area contributed by atoms with Crippen LogP contribution < -0.4 is 11.1 Å². The summed E-state index contributed by atoms with van der Waals surface area (Å²) in [6, 6.07) is 0. The van der Waals surface area contributed by atoms with Crippen LogP contribution in [0.2, 0.25) is 0 Å². The minimum atomic E-state index is -1.05. The lowest BCUT2D eigenvalue weighted by atomic mass is 10.2. The number of nitrogens with two attached hydrogens (primary N) is 1. The highest BCUT2D eigenvalue weighted by molar-refractivity contribution is 5.82. The second kappa shape index (κ2) is 6.19. The second-order valence-electron chi connectivity index (χ2n) is 3.89. The SMILES string of the molecule is NC(=O)CCCNC(=O)C1CCC(C(=O)O)O1. The van der Waals surface area contributed by atoms with Crippen molar-refractivity contribution < 1.29 is 24.2 Å². The molecule has 4 N–H and O–H groups in total.